The Hall–Kier alpha value is -1.97. The molecule has 1 aromatic carbocycles. The third-order valence-electron chi connectivity index (χ3n) is 1.62. The largest absolute Gasteiger partial charge is 0.480 e. The molecule has 0 bridgehead atoms. The van der Waals surface area contributed by atoms with Gasteiger partial charge in [0, 0.05) is 0 Å². The Balaban J connectivity index is 0.000000583. The van der Waals surface area contributed by atoms with Crippen molar-refractivity contribution in [3.05, 3.63) is 35.9 Å². The van der Waals surface area contributed by atoms with Crippen molar-refractivity contribution in [2.45, 2.75) is 12.5 Å². The number of hydrogen-bond donors (Lipinski definition) is 3. The van der Waals surface area contributed by atoms with Gasteiger partial charge in [0.2, 0.25) is 6.08 Å². The molecule has 0 saturated carbocycles. The Labute approximate surface area is 87.0 Å². The van der Waals surface area contributed by atoms with Gasteiger partial charge in [-0.2, -0.15) is 0 Å². The summed E-state index contributed by atoms with van der Waals surface area (Å²) in [6.07, 6.45) is 1.14. The van der Waals surface area contributed by atoms with E-state index in [-0.39, 0.29) is 0 Å². The van der Waals surface area contributed by atoms with Crippen molar-refractivity contribution in [2.24, 2.45) is 5.73 Å². The topological polar surface area (TPSA) is 104 Å². The van der Waals surface area contributed by atoms with Crippen molar-refractivity contribution in [3.63, 3.8) is 0 Å². The zero-order valence-corrected chi connectivity index (χ0v) is 8.01. The van der Waals surface area contributed by atoms with E-state index >= 15 is 0 Å². The van der Waals surface area contributed by atoms with Gasteiger partial charge < -0.3 is 10.8 Å². The molecule has 1 atom stereocenters. The van der Waals surface area contributed by atoms with E-state index in [0.29, 0.717) is 6.42 Å². The van der Waals surface area contributed by atoms with E-state index in [1.165, 1.54) is 0 Å². The summed E-state index contributed by atoms with van der Waals surface area (Å²) in [5.41, 5.74) is 6.30. The number of isocyanates is 1. The predicted octanol–water partition coefficient (Wildman–Crippen LogP) is 0.542. The number of aliphatic carboxylic acids is 1. The van der Waals surface area contributed by atoms with Crippen molar-refractivity contribution < 1.29 is 14.7 Å². The molecule has 4 N–H and O–H groups in total. The van der Waals surface area contributed by atoms with Gasteiger partial charge in [-0.05, 0) is 12.0 Å². The fourth-order valence-corrected chi connectivity index (χ4v) is 0.955. The lowest BCUT2D eigenvalue weighted by molar-refractivity contribution is -0.138. The Morgan fingerprint density at radius 1 is 1.47 bits per heavy atom. The molecule has 1 rings (SSSR count). The van der Waals surface area contributed by atoms with Gasteiger partial charge in [0.25, 0.3) is 0 Å². The van der Waals surface area contributed by atoms with Gasteiger partial charge in [-0.15, -0.1) is 0 Å². The van der Waals surface area contributed by atoms with Gasteiger partial charge in [-0.25, -0.2) is 10.2 Å². The zero-order valence-electron chi connectivity index (χ0n) is 8.01. The lowest BCUT2D eigenvalue weighted by atomic mass is 10.1. The average Bonchev–Trinajstić information content (AvgIpc) is 2.20. The van der Waals surface area contributed by atoms with Gasteiger partial charge in [-0.1, -0.05) is 30.3 Å². The summed E-state index contributed by atoms with van der Waals surface area (Å²) < 4.78 is 0. The second-order valence-corrected chi connectivity index (χ2v) is 2.74. The third-order valence-corrected chi connectivity index (χ3v) is 1.62. The van der Waals surface area contributed by atoms with Crippen molar-refractivity contribution in [1.82, 2.24) is 0 Å². The lowest BCUT2D eigenvalue weighted by Crippen LogP contribution is -2.32. The molecular formula is C10H12N2O3. The molecule has 80 valence electrons. The number of carbonyl (C=O) groups excluding carboxylic acids is 1. The van der Waals surface area contributed by atoms with Crippen LogP contribution in [-0.4, -0.2) is 23.2 Å². The monoisotopic (exact) mass is 208 g/mol. The quantitative estimate of drug-likeness (QED) is 0.498. The van der Waals surface area contributed by atoms with Crippen LogP contribution in [0.3, 0.4) is 0 Å². The van der Waals surface area contributed by atoms with Crippen LogP contribution in [0.2, 0.25) is 0 Å². The lowest BCUT2D eigenvalue weighted by Gasteiger charge is -2.04. The van der Waals surface area contributed by atoms with E-state index in [1.807, 2.05) is 30.3 Å². The van der Waals surface area contributed by atoms with Crippen LogP contribution in [0.4, 0.5) is 0 Å². The summed E-state index contributed by atoms with van der Waals surface area (Å²) in [6.45, 7) is 0. The molecule has 15 heavy (non-hydrogen) atoms. The molecule has 0 aromatic heterocycles. The first-order valence-corrected chi connectivity index (χ1v) is 4.18. The van der Waals surface area contributed by atoms with Gasteiger partial charge in [0.1, 0.15) is 6.04 Å². The van der Waals surface area contributed by atoms with Crippen LogP contribution >= 0.6 is 0 Å². The second-order valence-electron chi connectivity index (χ2n) is 2.74. The number of carbonyl (C=O) groups is 1. The van der Waals surface area contributed by atoms with Gasteiger partial charge in [0.05, 0.1) is 0 Å². The molecular weight excluding hydrogens is 196 g/mol. The minimum absolute atomic E-state index is 0.385. The van der Waals surface area contributed by atoms with Crippen LogP contribution in [0.1, 0.15) is 5.56 Å². The summed E-state index contributed by atoms with van der Waals surface area (Å²) in [4.78, 5) is 18.7. The van der Waals surface area contributed by atoms with Crippen molar-refractivity contribution in [1.29, 1.82) is 5.41 Å². The van der Waals surface area contributed by atoms with Crippen LogP contribution in [0.25, 0.3) is 0 Å². The summed E-state index contributed by atoms with van der Waals surface area (Å²) in [5, 5.41) is 13.9. The van der Waals surface area contributed by atoms with E-state index in [1.54, 1.807) is 0 Å². The van der Waals surface area contributed by atoms with Crippen molar-refractivity contribution in [3.8, 4) is 0 Å². The average molecular weight is 208 g/mol. The molecule has 0 unspecified atom stereocenters. The number of carboxylic acids is 1. The summed E-state index contributed by atoms with van der Waals surface area (Å²) in [6, 6.07) is 8.54. The van der Waals surface area contributed by atoms with Crippen molar-refractivity contribution in [2.75, 3.05) is 0 Å². The molecule has 5 nitrogen and oxygen atoms in total. The smallest absolute Gasteiger partial charge is 0.320 e. The normalized spacial score (nSPS) is 10.5. The van der Waals surface area contributed by atoms with Crippen LogP contribution in [0, 0.1) is 5.41 Å². The molecule has 0 aliphatic carbocycles. The number of hydrogen-bond acceptors (Lipinski definition) is 4. The maximum Gasteiger partial charge on any atom is 0.320 e. The minimum atomic E-state index is -0.959. The molecule has 0 radical (unpaired) electrons. The van der Waals surface area contributed by atoms with E-state index in [2.05, 4.69) is 0 Å². The zero-order chi connectivity index (χ0) is 11.7. The maximum atomic E-state index is 10.4. The molecule has 1 aromatic rings. The highest BCUT2D eigenvalue weighted by Crippen LogP contribution is 2.01. The van der Waals surface area contributed by atoms with Crippen molar-refractivity contribution >= 4 is 12.0 Å². The molecule has 0 spiro atoms. The first-order valence-electron chi connectivity index (χ1n) is 4.18. The standard InChI is InChI=1S/C9H11NO2.CHNO/c10-8(9(11)12)6-7-4-2-1-3-5-7;2-1-3/h1-5,8H,6,10H2,(H,11,12);2H/t8-;/m0./s1. The Kier molecular flexibility index (Phi) is 6.46. The fourth-order valence-electron chi connectivity index (χ4n) is 0.955. The molecule has 0 aliphatic rings. The fraction of sp³-hybridized carbons (Fsp3) is 0.200. The summed E-state index contributed by atoms with van der Waals surface area (Å²) in [5.74, 6) is -0.959. The highest BCUT2D eigenvalue weighted by atomic mass is 16.4. The van der Waals surface area contributed by atoms with E-state index in [0.717, 1.165) is 11.6 Å². The van der Waals surface area contributed by atoms with Crippen LogP contribution in [-0.2, 0) is 16.0 Å². The first-order chi connectivity index (χ1) is 7.11. The number of rotatable bonds is 3. The highest BCUT2D eigenvalue weighted by molar-refractivity contribution is 5.73. The van der Waals surface area contributed by atoms with Crippen LogP contribution in [0.15, 0.2) is 30.3 Å². The third kappa shape index (κ3) is 6.15. The molecule has 0 heterocycles. The number of nitrogens with two attached hydrogens (primary N) is 1. The van der Waals surface area contributed by atoms with Crippen LogP contribution < -0.4 is 5.73 Å². The SMILES string of the molecule is N=C=O.N[C@@H](Cc1ccccc1)C(=O)O. The Morgan fingerprint density at radius 2 is 1.93 bits per heavy atom. The molecule has 5 heteroatoms. The first kappa shape index (κ1) is 13.0. The Morgan fingerprint density at radius 3 is 2.33 bits per heavy atom. The molecule has 0 amide bonds. The highest BCUT2D eigenvalue weighted by Gasteiger charge is 2.10. The van der Waals surface area contributed by atoms with Crippen LogP contribution in [0.5, 0.6) is 0 Å². The number of carboxylic acid groups (broad SMARTS) is 1. The van der Waals surface area contributed by atoms with Gasteiger partial charge in [0.15, 0.2) is 0 Å². The molecule has 0 saturated heterocycles. The van der Waals surface area contributed by atoms with Gasteiger partial charge in [-0.3, -0.25) is 4.79 Å². The predicted molar refractivity (Wildman–Crippen MR) is 54.2 cm³/mol. The van der Waals surface area contributed by atoms with E-state index in [9.17, 15) is 4.79 Å². The second kappa shape index (κ2) is 7.44. The summed E-state index contributed by atoms with van der Waals surface area (Å²) >= 11 is 0. The van der Waals surface area contributed by atoms with E-state index < -0.39 is 12.0 Å². The number of benzene rings is 1. The molecule has 0 fully saturated rings. The van der Waals surface area contributed by atoms with Gasteiger partial charge >= 0.3 is 5.97 Å². The molecule has 0 aliphatic heterocycles. The summed E-state index contributed by atoms with van der Waals surface area (Å²) in [7, 11) is 0. The number of nitrogens with one attached hydrogen (secondary N) is 1. The van der Waals surface area contributed by atoms with E-state index in [4.69, 9.17) is 21.0 Å². The minimum Gasteiger partial charge on any atom is -0.480 e. The Bertz CT molecular complexity index is 332. The maximum absolute atomic E-state index is 10.4.